The third-order valence-corrected chi connectivity index (χ3v) is 4.03. The summed E-state index contributed by atoms with van der Waals surface area (Å²) in [6, 6.07) is 11.5. The minimum atomic E-state index is -4.78. The molecule has 0 bridgehead atoms. The topological polar surface area (TPSA) is 73.6 Å². The molecule has 3 rings (SSSR count). The Bertz CT molecular complexity index is 978. The van der Waals surface area contributed by atoms with Gasteiger partial charge in [-0.3, -0.25) is 4.79 Å². The maximum absolute atomic E-state index is 12.6. The van der Waals surface area contributed by atoms with Crippen molar-refractivity contribution in [1.82, 2.24) is 5.16 Å². The van der Waals surface area contributed by atoms with Crippen LogP contribution in [0.1, 0.15) is 27.4 Å². The molecule has 0 spiro atoms. The van der Waals surface area contributed by atoms with Crippen LogP contribution >= 0.6 is 0 Å². The van der Waals surface area contributed by atoms with Crippen LogP contribution in [-0.4, -0.2) is 17.4 Å². The van der Waals surface area contributed by atoms with Gasteiger partial charge in [-0.15, -0.1) is 13.2 Å². The number of ether oxygens (including phenoxy) is 2. The highest BCUT2D eigenvalue weighted by Crippen LogP contribution is 2.25. The molecule has 152 valence electrons. The van der Waals surface area contributed by atoms with Gasteiger partial charge in [0.05, 0.1) is 16.8 Å². The number of rotatable bonds is 6. The molecule has 2 aromatic carbocycles. The second-order valence-corrected chi connectivity index (χ2v) is 6.11. The van der Waals surface area contributed by atoms with Crippen LogP contribution < -0.4 is 14.8 Å². The number of nitrogens with one attached hydrogen (secondary N) is 1. The highest BCUT2D eigenvalue weighted by atomic mass is 19.4. The van der Waals surface area contributed by atoms with Gasteiger partial charge in [-0.1, -0.05) is 17.3 Å². The van der Waals surface area contributed by atoms with E-state index in [1.54, 1.807) is 38.1 Å². The first-order valence-electron chi connectivity index (χ1n) is 8.53. The average Bonchev–Trinajstić information content (AvgIpc) is 2.98. The van der Waals surface area contributed by atoms with Crippen molar-refractivity contribution in [2.75, 3.05) is 5.32 Å². The summed E-state index contributed by atoms with van der Waals surface area (Å²) in [4.78, 5) is 12.6. The van der Waals surface area contributed by atoms with Crippen LogP contribution in [0.2, 0.25) is 0 Å². The number of nitrogens with zero attached hydrogens (tertiary/aromatic N) is 1. The van der Waals surface area contributed by atoms with Gasteiger partial charge in [0.15, 0.2) is 0 Å². The first kappa shape index (κ1) is 20.2. The number of para-hydroxylation sites is 1. The molecular weight excluding hydrogens is 389 g/mol. The molecule has 0 unspecified atom stereocenters. The van der Waals surface area contributed by atoms with Gasteiger partial charge >= 0.3 is 6.36 Å². The normalized spacial score (nSPS) is 11.2. The molecule has 0 saturated carbocycles. The van der Waals surface area contributed by atoms with Crippen molar-refractivity contribution in [3.05, 3.63) is 71.1 Å². The monoisotopic (exact) mass is 406 g/mol. The van der Waals surface area contributed by atoms with Gasteiger partial charge in [0.2, 0.25) is 0 Å². The molecule has 1 amide bonds. The van der Waals surface area contributed by atoms with Crippen molar-refractivity contribution >= 4 is 11.6 Å². The zero-order valence-corrected chi connectivity index (χ0v) is 15.5. The molecule has 1 heterocycles. The van der Waals surface area contributed by atoms with Crippen LogP contribution in [-0.2, 0) is 6.61 Å². The van der Waals surface area contributed by atoms with Crippen LogP contribution in [0, 0.1) is 13.8 Å². The van der Waals surface area contributed by atoms with E-state index < -0.39 is 12.3 Å². The van der Waals surface area contributed by atoms with Crippen molar-refractivity contribution in [2.45, 2.75) is 26.8 Å². The number of halogens is 3. The summed E-state index contributed by atoms with van der Waals surface area (Å²) >= 11 is 0. The second-order valence-electron chi connectivity index (χ2n) is 6.11. The third-order valence-electron chi connectivity index (χ3n) is 4.03. The highest BCUT2D eigenvalue weighted by Gasteiger charge is 2.31. The number of hydrogen-bond acceptors (Lipinski definition) is 5. The predicted octanol–water partition coefficient (Wildman–Crippen LogP) is 5.02. The van der Waals surface area contributed by atoms with Gasteiger partial charge in [-0.05, 0) is 50.2 Å². The smallest absolute Gasteiger partial charge is 0.488 e. The summed E-state index contributed by atoms with van der Waals surface area (Å²) in [5, 5.41) is 6.47. The Morgan fingerprint density at radius 2 is 1.79 bits per heavy atom. The average molecular weight is 406 g/mol. The third kappa shape index (κ3) is 5.28. The van der Waals surface area contributed by atoms with Crippen LogP contribution in [0.25, 0.3) is 0 Å². The fraction of sp³-hybridized carbons (Fsp3) is 0.200. The summed E-state index contributed by atoms with van der Waals surface area (Å²) in [6.45, 7) is 3.73. The number of carbonyl (C=O) groups excluding carboxylic acids is 1. The van der Waals surface area contributed by atoms with E-state index in [0.717, 1.165) is 17.7 Å². The Labute approximate surface area is 164 Å². The van der Waals surface area contributed by atoms with E-state index in [1.807, 2.05) is 0 Å². The molecule has 1 aromatic heterocycles. The zero-order chi connectivity index (χ0) is 21.0. The summed E-state index contributed by atoms with van der Waals surface area (Å²) in [6.07, 6.45) is -4.78. The van der Waals surface area contributed by atoms with Crippen molar-refractivity contribution in [1.29, 1.82) is 0 Å². The largest absolute Gasteiger partial charge is 0.573 e. The standard InChI is InChI=1S/C20H17F3N2O4/c1-12-17(13(2)29-25-12)11-27-18-6-4-3-5-16(18)19(26)24-14-7-9-15(10-8-14)28-20(21,22)23/h3-10H,11H2,1-2H3,(H,24,26). The van der Waals surface area contributed by atoms with E-state index in [2.05, 4.69) is 15.2 Å². The zero-order valence-electron chi connectivity index (χ0n) is 15.5. The van der Waals surface area contributed by atoms with Crippen molar-refractivity contribution in [2.24, 2.45) is 0 Å². The maximum Gasteiger partial charge on any atom is 0.573 e. The van der Waals surface area contributed by atoms with Gasteiger partial charge in [-0.2, -0.15) is 0 Å². The van der Waals surface area contributed by atoms with E-state index in [9.17, 15) is 18.0 Å². The van der Waals surface area contributed by atoms with Gasteiger partial charge in [-0.25, -0.2) is 0 Å². The Balaban J connectivity index is 1.70. The number of aryl methyl sites for hydroxylation is 2. The molecule has 0 fully saturated rings. The first-order chi connectivity index (χ1) is 13.7. The number of anilines is 1. The van der Waals surface area contributed by atoms with Crippen LogP contribution in [0.15, 0.2) is 53.1 Å². The minimum Gasteiger partial charge on any atom is -0.488 e. The van der Waals surface area contributed by atoms with Crippen LogP contribution in [0.4, 0.5) is 18.9 Å². The summed E-state index contributed by atoms with van der Waals surface area (Å²) < 4.78 is 51.3. The van der Waals surface area contributed by atoms with E-state index in [4.69, 9.17) is 9.26 Å². The molecule has 0 aliphatic heterocycles. The summed E-state index contributed by atoms with van der Waals surface area (Å²) in [5.41, 5.74) is 2.07. The second kappa shape index (κ2) is 8.26. The van der Waals surface area contributed by atoms with Gasteiger partial charge in [0.1, 0.15) is 23.9 Å². The lowest BCUT2D eigenvalue weighted by molar-refractivity contribution is -0.274. The predicted molar refractivity (Wildman–Crippen MR) is 97.8 cm³/mol. The van der Waals surface area contributed by atoms with Crippen molar-refractivity contribution in [3.8, 4) is 11.5 Å². The quantitative estimate of drug-likeness (QED) is 0.622. The van der Waals surface area contributed by atoms with Crippen LogP contribution in [0.3, 0.4) is 0 Å². The fourth-order valence-electron chi connectivity index (χ4n) is 2.58. The fourth-order valence-corrected chi connectivity index (χ4v) is 2.58. The molecule has 0 radical (unpaired) electrons. The molecule has 6 nitrogen and oxygen atoms in total. The molecule has 9 heteroatoms. The van der Waals surface area contributed by atoms with Crippen molar-refractivity contribution < 1.29 is 32.0 Å². The van der Waals surface area contributed by atoms with Crippen molar-refractivity contribution in [3.63, 3.8) is 0 Å². The molecule has 1 N–H and O–H groups in total. The molecular formula is C20H17F3N2O4. The molecule has 0 saturated heterocycles. The summed E-state index contributed by atoms with van der Waals surface area (Å²) in [7, 11) is 0. The molecule has 0 aliphatic rings. The maximum atomic E-state index is 12.6. The van der Waals surface area contributed by atoms with E-state index in [0.29, 0.717) is 22.9 Å². The summed E-state index contributed by atoms with van der Waals surface area (Å²) in [5.74, 6) is 0.134. The van der Waals surface area contributed by atoms with E-state index >= 15 is 0 Å². The lowest BCUT2D eigenvalue weighted by atomic mass is 10.1. The molecule has 3 aromatic rings. The van der Waals surface area contributed by atoms with E-state index in [1.165, 1.54) is 12.1 Å². The van der Waals surface area contributed by atoms with Gasteiger partial charge in [0.25, 0.3) is 5.91 Å². The van der Waals surface area contributed by atoms with E-state index in [-0.39, 0.29) is 17.9 Å². The number of hydrogen-bond donors (Lipinski definition) is 1. The number of alkyl halides is 3. The van der Waals surface area contributed by atoms with Crippen LogP contribution in [0.5, 0.6) is 11.5 Å². The molecule has 29 heavy (non-hydrogen) atoms. The number of benzene rings is 2. The first-order valence-corrected chi connectivity index (χ1v) is 8.53. The Kier molecular flexibility index (Phi) is 5.76. The molecule has 0 aliphatic carbocycles. The Morgan fingerprint density at radius 3 is 2.41 bits per heavy atom. The lowest BCUT2D eigenvalue weighted by Gasteiger charge is -2.12. The highest BCUT2D eigenvalue weighted by molar-refractivity contribution is 6.06. The Morgan fingerprint density at radius 1 is 1.10 bits per heavy atom. The number of amides is 1. The van der Waals surface area contributed by atoms with Gasteiger partial charge < -0.3 is 19.3 Å². The number of carbonyl (C=O) groups is 1. The SMILES string of the molecule is Cc1noc(C)c1COc1ccccc1C(=O)Nc1ccc(OC(F)(F)F)cc1. The Hall–Kier alpha value is -3.49. The molecule has 0 atom stereocenters. The van der Waals surface area contributed by atoms with Gasteiger partial charge in [0, 0.05) is 5.69 Å². The minimum absolute atomic E-state index is 0.176. The lowest BCUT2D eigenvalue weighted by Crippen LogP contribution is -2.17. The number of aromatic nitrogens is 1.